The number of carbonyl (C=O) groups excluding carboxylic acids is 1. The lowest BCUT2D eigenvalue weighted by atomic mass is 10.0. The van der Waals surface area contributed by atoms with Crippen molar-refractivity contribution in [1.29, 1.82) is 0 Å². The molecule has 24 heavy (non-hydrogen) atoms. The number of aromatic nitrogens is 3. The van der Waals surface area contributed by atoms with E-state index in [0.29, 0.717) is 17.7 Å². The summed E-state index contributed by atoms with van der Waals surface area (Å²) in [4.78, 5) is 12.6. The average molecular weight is 325 g/mol. The summed E-state index contributed by atoms with van der Waals surface area (Å²) in [7, 11) is 0. The molecule has 1 aromatic carbocycles. The van der Waals surface area contributed by atoms with Gasteiger partial charge < -0.3 is 10.6 Å². The molecule has 1 amide bonds. The Bertz CT molecular complexity index is 688. The molecule has 1 aliphatic carbocycles. The number of hydrogen-bond acceptors (Lipinski definition) is 4. The first-order chi connectivity index (χ1) is 11.8. The molecular weight excluding hydrogens is 302 g/mol. The molecule has 0 spiro atoms. The first-order valence-electron chi connectivity index (χ1n) is 8.79. The summed E-state index contributed by atoms with van der Waals surface area (Å²) >= 11 is 0. The maximum Gasteiger partial charge on any atom is 0.273 e. The summed E-state index contributed by atoms with van der Waals surface area (Å²) in [5, 5.41) is 14.8. The number of piperidine rings is 1. The van der Waals surface area contributed by atoms with Gasteiger partial charge in [0.25, 0.3) is 5.91 Å². The number of nitrogens with zero attached hydrogens (tertiary/aromatic N) is 3. The van der Waals surface area contributed by atoms with Crippen molar-refractivity contribution in [2.24, 2.45) is 5.92 Å². The third-order valence-electron chi connectivity index (χ3n) is 4.96. The normalized spacial score (nSPS) is 19.8. The van der Waals surface area contributed by atoms with Gasteiger partial charge in [-0.3, -0.25) is 4.79 Å². The van der Waals surface area contributed by atoms with Gasteiger partial charge >= 0.3 is 0 Å². The minimum Gasteiger partial charge on any atom is -0.344 e. The maximum absolute atomic E-state index is 12.6. The van der Waals surface area contributed by atoms with Crippen molar-refractivity contribution >= 4 is 5.91 Å². The number of benzene rings is 1. The highest BCUT2D eigenvalue weighted by atomic mass is 16.2. The fourth-order valence-electron chi connectivity index (χ4n) is 3.41. The minimum atomic E-state index is -0.129. The molecule has 1 aromatic heterocycles. The fraction of sp³-hybridized carbons (Fsp3) is 0.500. The van der Waals surface area contributed by atoms with E-state index in [9.17, 15) is 4.79 Å². The van der Waals surface area contributed by atoms with Crippen LogP contribution in [0.5, 0.6) is 0 Å². The highest BCUT2D eigenvalue weighted by molar-refractivity contribution is 5.92. The molecule has 1 atom stereocenters. The second-order valence-corrected chi connectivity index (χ2v) is 6.76. The topological polar surface area (TPSA) is 71.8 Å². The molecule has 1 saturated heterocycles. The third kappa shape index (κ3) is 3.33. The van der Waals surface area contributed by atoms with E-state index in [4.69, 9.17) is 0 Å². The smallest absolute Gasteiger partial charge is 0.273 e. The number of amides is 1. The van der Waals surface area contributed by atoms with Crippen LogP contribution < -0.4 is 10.6 Å². The van der Waals surface area contributed by atoms with Crippen LogP contribution in [0.2, 0.25) is 0 Å². The highest BCUT2D eigenvalue weighted by Crippen LogP contribution is 2.41. The lowest BCUT2D eigenvalue weighted by molar-refractivity contribution is 0.0926. The molecular formula is C18H23N5O. The zero-order valence-electron chi connectivity index (χ0n) is 13.7. The third-order valence-corrected chi connectivity index (χ3v) is 4.96. The van der Waals surface area contributed by atoms with Gasteiger partial charge in [0.2, 0.25) is 0 Å². The van der Waals surface area contributed by atoms with E-state index in [2.05, 4.69) is 33.1 Å². The molecule has 0 bridgehead atoms. The molecule has 0 radical (unpaired) electrons. The van der Waals surface area contributed by atoms with E-state index in [1.165, 1.54) is 18.4 Å². The van der Waals surface area contributed by atoms with Gasteiger partial charge in [0.05, 0.1) is 18.3 Å². The SMILES string of the molecule is O=C(NC(c1ccccc1)C1CC1)c1cn(C2CCNCC2)nn1. The van der Waals surface area contributed by atoms with Gasteiger partial charge in [-0.1, -0.05) is 35.5 Å². The first kappa shape index (κ1) is 15.3. The lowest BCUT2D eigenvalue weighted by Gasteiger charge is -2.22. The fourth-order valence-corrected chi connectivity index (χ4v) is 3.41. The monoisotopic (exact) mass is 325 g/mol. The van der Waals surface area contributed by atoms with Crippen molar-refractivity contribution in [3.8, 4) is 0 Å². The van der Waals surface area contributed by atoms with Crippen LogP contribution in [-0.2, 0) is 0 Å². The van der Waals surface area contributed by atoms with Crippen molar-refractivity contribution in [3.63, 3.8) is 0 Å². The molecule has 1 unspecified atom stereocenters. The Balaban J connectivity index is 1.46. The Morgan fingerprint density at radius 3 is 2.62 bits per heavy atom. The molecule has 126 valence electrons. The second kappa shape index (κ2) is 6.73. The first-order valence-corrected chi connectivity index (χ1v) is 8.79. The van der Waals surface area contributed by atoms with Gasteiger partial charge in [-0.2, -0.15) is 0 Å². The largest absolute Gasteiger partial charge is 0.344 e. The number of rotatable bonds is 5. The average Bonchev–Trinajstić information content (AvgIpc) is 3.36. The summed E-state index contributed by atoms with van der Waals surface area (Å²) in [5.41, 5.74) is 1.58. The molecule has 6 nitrogen and oxygen atoms in total. The van der Waals surface area contributed by atoms with Crippen LogP contribution in [0.3, 0.4) is 0 Å². The van der Waals surface area contributed by atoms with Crippen LogP contribution >= 0.6 is 0 Å². The summed E-state index contributed by atoms with van der Waals surface area (Å²) in [6.45, 7) is 1.98. The van der Waals surface area contributed by atoms with E-state index >= 15 is 0 Å². The van der Waals surface area contributed by atoms with E-state index in [1.807, 2.05) is 22.9 Å². The Labute approximate surface area is 141 Å². The van der Waals surface area contributed by atoms with Crippen molar-refractivity contribution in [1.82, 2.24) is 25.6 Å². The van der Waals surface area contributed by atoms with Gasteiger partial charge in [-0.15, -0.1) is 5.10 Å². The second-order valence-electron chi connectivity index (χ2n) is 6.76. The zero-order chi connectivity index (χ0) is 16.4. The maximum atomic E-state index is 12.6. The minimum absolute atomic E-state index is 0.0720. The van der Waals surface area contributed by atoms with Crippen LogP contribution in [0.15, 0.2) is 36.5 Å². The molecule has 2 N–H and O–H groups in total. The van der Waals surface area contributed by atoms with Crippen molar-refractivity contribution in [2.45, 2.75) is 37.8 Å². The molecule has 2 fully saturated rings. The predicted molar refractivity (Wildman–Crippen MR) is 90.5 cm³/mol. The number of hydrogen-bond donors (Lipinski definition) is 2. The van der Waals surface area contributed by atoms with E-state index in [-0.39, 0.29) is 11.9 Å². The molecule has 6 heteroatoms. The molecule has 4 rings (SSSR count). The Morgan fingerprint density at radius 2 is 1.92 bits per heavy atom. The van der Waals surface area contributed by atoms with Crippen molar-refractivity contribution in [2.75, 3.05) is 13.1 Å². The van der Waals surface area contributed by atoms with E-state index < -0.39 is 0 Å². The number of nitrogens with one attached hydrogen (secondary N) is 2. The summed E-state index contributed by atoms with van der Waals surface area (Å²) < 4.78 is 1.85. The summed E-state index contributed by atoms with van der Waals surface area (Å²) in [6, 6.07) is 10.6. The van der Waals surface area contributed by atoms with E-state index in [1.54, 1.807) is 6.20 Å². The predicted octanol–water partition coefficient (Wildman–Crippen LogP) is 2.08. The van der Waals surface area contributed by atoms with Crippen LogP contribution in [-0.4, -0.2) is 34.0 Å². The lowest BCUT2D eigenvalue weighted by Crippen LogP contribution is -2.30. The Morgan fingerprint density at radius 1 is 1.17 bits per heavy atom. The molecule has 1 aliphatic heterocycles. The molecule has 1 saturated carbocycles. The van der Waals surface area contributed by atoms with Gasteiger partial charge in [0, 0.05) is 0 Å². The van der Waals surface area contributed by atoms with Crippen LogP contribution in [0, 0.1) is 5.92 Å². The van der Waals surface area contributed by atoms with Gasteiger partial charge in [0.15, 0.2) is 5.69 Å². The summed E-state index contributed by atoms with van der Waals surface area (Å²) in [6.07, 6.45) is 6.18. The van der Waals surface area contributed by atoms with Crippen LogP contribution in [0.25, 0.3) is 0 Å². The standard InChI is InChI=1S/C18H23N5O/c24-18(16-12-23(22-21-16)15-8-10-19-11-9-15)20-17(14-6-7-14)13-4-2-1-3-5-13/h1-5,12,14-15,17,19H,6-11H2,(H,20,24). The molecule has 2 aromatic rings. The van der Waals surface area contributed by atoms with Gasteiger partial charge in [-0.05, 0) is 50.3 Å². The Kier molecular flexibility index (Phi) is 4.30. The highest BCUT2D eigenvalue weighted by Gasteiger charge is 2.34. The Hall–Kier alpha value is -2.21. The van der Waals surface area contributed by atoms with Crippen LogP contribution in [0.1, 0.15) is 53.8 Å². The van der Waals surface area contributed by atoms with Crippen molar-refractivity contribution in [3.05, 3.63) is 47.8 Å². The van der Waals surface area contributed by atoms with Crippen molar-refractivity contribution < 1.29 is 4.79 Å². The summed E-state index contributed by atoms with van der Waals surface area (Å²) in [5.74, 6) is 0.409. The van der Waals surface area contributed by atoms with Gasteiger partial charge in [0.1, 0.15) is 0 Å². The van der Waals surface area contributed by atoms with Crippen LogP contribution in [0.4, 0.5) is 0 Å². The number of carbonyl (C=O) groups is 1. The van der Waals surface area contributed by atoms with Gasteiger partial charge in [-0.25, -0.2) is 4.68 Å². The zero-order valence-corrected chi connectivity index (χ0v) is 13.7. The van der Waals surface area contributed by atoms with E-state index in [0.717, 1.165) is 25.9 Å². The molecule has 2 heterocycles. The molecule has 2 aliphatic rings. The quantitative estimate of drug-likeness (QED) is 0.883.